The third-order valence-corrected chi connectivity index (χ3v) is 11.8. The highest BCUT2D eigenvalue weighted by atomic mass is 16.7. The molecule has 2 saturated heterocycles. The van der Waals surface area contributed by atoms with Crippen molar-refractivity contribution in [3.63, 3.8) is 0 Å². The van der Waals surface area contributed by atoms with Gasteiger partial charge in [0.05, 0.1) is 35.5 Å². The first-order valence-electron chi connectivity index (χ1n) is 19.5. The van der Waals surface area contributed by atoms with Crippen molar-refractivity contribution in [1.82, 2.24) is 9.80 Å². The fourth-order valence-electron chi connectivity index (χ4n) is 8.79. The average Bonchev–Trinajstić information content (AvgIpc) is 3.37. The molecule has 0 aromatic rings. The number of Topliss-reactive ketones (excluding diaryl/α,β-unsaturated/α-hetero) is 1. The molecule has 1 N–H and O–H groups in total. The number of carbonyl (C=O) groups is 3. The van der Waals surface area contributed by atoms with Gasteiger partial charge in [0.25, 0.3) is 0 Å². The lowest BCUT2D eigenvalue weighted by molar-refractivity contribution is -0.285. The van der Waals surface area contributed by atoms with E-state index in [4.69, 9.17) is 34.0 Å². The summed E-state index contributed by atoms with van der Waals surface area (Å²) in [5.74, 6) is -3.35. The second-order valence-corrected chi connectivity index (χ2v) is 16.8. The number of methoxy groups -OCH3 is 1. The highest BCUT2D eigenvalue weighted by molar-refractivity contribution is 5.89. The van der Waals surface area contributed by atoms with Gasteiger partial charge in [-0.2, -0.15) is 0 Å². The standard InChI is InChI=1S/C39H67N5O10/c1-15-29(45)39(11)32(44(36(48)54-39)19-17-16-18-41-42-40)25(5)30(46)22(2)21-38(10,49-14)33(26(6)31-27(7)34(47)53-37(8,9)52-31)51-35-24(4)28(43(12)13)20-23(3)50-35/h22-26,28-29,32-33,35,45H,15-21H2,1-14H3/t22-,23-,24-,25?,26+,28?,29-,32-,33-,35+,38-,39-/m1/s1. The third-order valence-electron chi connectivity index (χ3n) is 11.8. The molecule has 12 atom stereocenters. The Morgan fingerprint density at radius 1 is 1.15 bits per heavy atom. The van der Waals surface area contributed by atoms with Crippen molar-refractivity contribution in [2.45, 2.75) is 162 Å². The summed E-state index contributed by atoms with van der Waals surface area (Å²) in [7, 11) is 5.66. The minimum absolute atomic E-state index is 0.0323. The van der Waals surface area contributed by atoms with Crippen LogP contribution in [-0.2, 0) is 38.0 Å². The van der Waals surface area contributed by atoms with Gasteiger partial charge in [0.1, 0.15) is 11.5 Å². The van der Waals surface area contributed by atoms with E-state index in [1.807, 2.05) is 41.8 Å². The predicted molar refractivity (Wildman–Crippen MR) is 202 cm³/mol. The van der Waals surface area contributed by atoms with Crippen molar-refractivity contribution in [2.75, 3.05) is 34.3 Å². The summed E-state index contributed by atoms with van der Waals surface area (Å²) in [6.45, 7) is 20.6. The number of hydrogen-bond donors (Lipinski definition) is 1. The van der Waals surface area contributed by atoms with Crippen LogP contribution < -0.4 is 0 Å². The molecule has 1 amide bonds. The molecule has 2 unspecified atom stereocenters. The topological polar surface area (TPSA) is 182 Å². The summed E-state index contributed by atoms with van der Waals surface area (Å²) in [5.41, 5.74) is 6.53. The largest absolute Gasteiger partial charge is 0.456 e. The smallest absolute Gasteiger partial charge is 0.410 e. The minimum Gasteiger partial charge on any atom is -0.456 e. The van der Waals surface area contributed by atoms with Crippen molar-refractivity contribution in [3.05, 3.63) is 21.8 Å². The molecule has 54 heavy (non-hydrogen) atoms. The van der Waals surface area contributed by atoms with E-state index in [0.29, 0.717) is 30.6 Å². The van der Waals surface area contributed by atoms with Crippen molar-refractivity contribution >= 4 is 17.8 Å². The Bertz CT molecular complexity index is 1420. The maximum Gasteiger partial charge on any atom is 0.410 e. The Labute approximate surface area is 322 Å². The van der Waals surface area contributed by atoms with Crippen molar-refractivity contribution in [3.8, 4) is 0 Å². The lowest BCUT2D eigenvalue weighted by Crippen LogP contribution is -2.57. The summed E-state index contributed by atoms with van der Waals surface area (Å²) in [6.07, 6.45) is -0.681. The number of rotatable bonds is 19. The van der Waals surface area contributed by atoms with Crippen LogP contribution in [0.1, 0.15) is 108 Å². The van der Waals surface area contributed by atoms with Crippen LogP contribution in [-0.4, -0.2) is 121 Å². The predicted octanol–water partition coefficient (Wildman–Crippen LogP) is 6.37. The van der Waals surface area contributed by atoms with Gasteiger partial charge in [-0.15, -0.1) is 0 Å². The molecule has 0 bridgehead atoms. The number of carbonyl (C=O) groups excluding carboxylic acids is 3. The Morgan fingerprint density at radius 2 is 1.80 bits per heavy atom. The fourth-order valence-corrected chi connectivity index (χ4v) is 8.79. The van der Waals surface area contributed by atoms with Gasteiger partial charge in [0.15, 0.2) is 11.9 Å². The third kappa shape index (κ3) is 9.89. The number of nitrogens with zero attached hydrogens (tertiary/aromatic N) is 5. The number of cyclic esters (lactones) is 2. The zero-order valence-electron chi connectivity index (χ0n) is 35.1. The molecule has 0 aromatic heterocycles. The highest BCUT2D eigenvalue weighted by Crippen LogP contribution is 2.44. The van der Waals surface area contributed by atoms with E-state index in [9.17, 15) is 19.5 Å². The second kappa shape index (κ2) is 18.3. The molecule has 2 fully saturated rings. The van der Waals surface area contributed by atoms with Gasteiger partial charge >= 0.3 is 12.1 Å². The molecule has 15 heteroatoms. The van der Waals surface area contributed by atoms with Crippen LogP contribution in [0.5, 0.6) is 0 Å². The monoisotopic (exact) mass is 765 g/mol. The summed E-state index contributed by atoms with van der Waals surface area (Å²) in [6, 6.07) is -0.580. The van der Waals surface area contributed by atoms with Gasteiger partial charge in [0.2, 0.25) is 5.79 Å². The maximum absolute atomic E-state index is 14.6. The van der Waals surface area contributed by atoms with Gasteiger partial charge in [-0.25, -0.2) is 9.59 Å². The van der Waals surface area contributed by atoms with Crippen LogP contribution in [0.25, 0.3) is 10.4 Å². The summed E-state index contributed by atoms with van der Waals surface area (Å²) in [4.78, 5) is 47.5. The van der Waals surface area contributed by atoms with Gasteiger partial charge in [0, 0.05) is 68.7 Å². The molecular weight excluding hydrogens is 698 g/mol. The molecular formula is C39H67N5O10. The highest BCUT2D eigenvalue weighted by Gasteiger charge is 2.58. The van der Waals surface area contributed by atoms with Gasteiger partial charge in [-0.05, 0) is 79.4 Å². The molecule has 0 saturated carbocycles. The number of azide groups is 1. The van der Waals surface area contributed by atoms with E-state index in [1.165, 1.54) is 4.90 Å². The number of ether oxygens (including phenoxy) is 6. The lowest BCUT2D eigenvalue weighted by atomic mass is 9.74. The maximum atomic E-state index is 14.6. The first kappa shape index (κ1) is 45.4. The van der Waals surface area contributed by atoms with Crippen molar-refractivity contribution in [2.24, 2.45) is 28.8 Å². The minimum atomic E-state index is -1.34. The molecule has 3 rings (SSSR count). The molecule has 0 aliphatic carbocycles. The number of amides is 1. The van der Waals surface area contributed by atoms with E-state index in [2.05, 4.69) is 21.8 Å². The normalized spacial score (nSPS) is 31.0. The molecule has 0 spiro atoms. The van der Waals surface area contributed by atoms with Crippen LogP contribution >= 0.6 is 0 Å². The van der Waals surface area contributed by atoms with Crippen LogP contribution in [0.4, 0.5) is 4.79 Å². The van der Waals surface area contributed by atoms with E-state index in [0.717, 1.165) is 6.42 Å². The summed E-state index contributed by atoms with van der Waals surface area (Å²) in [5, 5.41) is 14.8. The number of aliphatic hydroxyl groups excluding tert-OH is 1. The fraction of sp³-hybridized carbons (Fsp3) is 0.872. The van der Waals surface area contributed by atoms with E-state index < -0.39 is 71.3 Å². The van der Waals surface area contributed by atoms with Crippen molar-refractivity contribution in [1.29, 1.82) is 0 Å². The first-order chi connectivity index (χ1) is 25.1. The molecule has 3 aliphatic heterocycles. The van der Waals surface area contributed by atoms with Crippen LogP contribution in [0.2, 0.25) is 0 Å². The van der Waals surface area contributed by atoms with E-state index in [-0.39, 0.29) is 43.4 Å². The Balaban J connectivity index is 2.02. The second-order valence-electron chi connectivity index (χ2n) is 16.8. The van der Waals surface area contributed by atoms with E-state index in [1.54, 1.807) is 48.7 Å². The molecule has 15 nitrogen and oxygen atoms in total. The zero-order valence-corrected chi connectivity index (χ0v) is 35.1. The quantitative estimate of drug-likeness (QED) is 0.0507. The van der Waals surface area contributed by atoms with Crippen LogP contribution in [0.3, 0.4) is 0 Å². The molecule has 308 valence electrons. The Morgan fingerprint density at radius 3 is 2.37 bits per heavy atom. The van der Waals surface area contributed by atoms with Crippen LogP contribution in [0, 0.1) is 23.7 Å². The molecule has 0 aromatic carbocycles. The first-order valence-corrected chi connectivity index (χ1v) is 19.5. The van der Waals surface area contributed by atoms with Crippen molar-refractivity contribution < 1.29 is 47.9 Å². The molecule has 0 radical (unpaired) electrons. The number of hydrogen-bond acceptors (Lipinski definition) is 12. The average molecular weight is 766 g/mol. The van der Waals surface area contributed by atoms with E-state index >= 15 is 0 Å². The van der Waals surface area contributed by atoms with Gasteiger partial charge in [-0.3, -0.25) is 4.79 Å². The van der Waals surface area contributed by atoms with Gasteiger partial charge in [-0.1, -0.05) is 39.7 Å². The number of aliphatic hydroxyl groups is 1. The number of esters is 1. The Kier molecular flexibility index (Phi) is 15.4. The number of unbranched alkanes of at least 4 members (excludes halogenated alkanes) is 1. The Hall–Kier alpha value is -2.94. The lowest BCUT2D eigenvalue weighted by Gasteiger charge is -2.48. The molecule has 3 heterocycles. The van der Waals surface area contributed by atoms with Gasteiger partial charge < -0.3 is 43.3 Å². The van der Waals surface area contributed by atoms with Crippen LogP contribution in [0.15, 0.2) is 16.4 Å². The summed E-state index contributed by atoms with van der Waals surface area (Å²) < 4.78 is 37.5. The summed E-state index contributed by atoms with van der Waals surface area (Å²) >= 11 is 0. The zero-order chi connectivity index (χ0) is 40.9. The number of ketones is 1. The SMILES string of the molecule is CC[C@@H](O)[C@@]1(C)OC(=O)N(CCCCN=[N+]=[N-])[C@@H]1C(C)C(=O)[C@H](C)C[C@@](C)(OC)[C@H](O[C@@H]1O[C@H](C)CC(N(C)C)[C@H]1C)[C@@H](C)C1=C(C)C(=O)OC(C)(C)O1. The molecule has 3 aliphatic rings.